The summed E-state index contributed by atoms with van der Waals surface area (Å²) < 4.78 is 52.3. The van der Waals surface area contributed by atoms with Crippen LogP contribution in [0.3, 0.4) is 0 Å². The Bertz CT molecular complexity index is 1260. The number of sulfonamides is 1. The molecule has 0 spiro atoms. The largest absolute Gasteiger partial charge is 0.497 e. The van der Waals surface area contributed by atoms with E-state index in [4.69, 9.17) is 9.47 Å². The number of halogens is 1. The topological polar surface area (TPSA) is 84.9 Å². The maximum Gasteiger partial charge on any atom is 0.264 e. The first kappa shape index (κ1) is 25.7. The van der Waals surface area contributed by atoms with Crippen molar-refractivity contribution >= 4 is 21.6 Å². The van der Waals surface area contributed by atoms with E-state index in [-0.39, 0.29) is 16.0 Å². The summed E-state index contributed by atoms with van der Waals surface area (Å²) in [5, 5.41) is 2.95. The zero-order chi connectivity index (χ0) is 25.6. The van der Waals surface area contributed by atoms with Gasteiger partial charge in [-0.25, -0.2) is 12.8 Å². The summed E-state index contributed by atoms with van der Waals surface area (Å²) in [6, 6.07) is 20.8. The Kier molecular flexibility index (Phi) is 7.91. The minimum absolute atomic E-state index is 0.00869. The lowest BCUT2D eigenvalue weighted by Crippen LogP contribution is -2.48. The Hall–Kier alpha value is -3.43. The highest BCUT2D eigenvalue weighted by molar-refractivity contribution is 7.92. The number of rotatable bonds is 9. The van der Waals surface area contributed by atoms with Crippen LogP contribution in [0.25, 0.3) is 0 Å². The summed E-state index contributed by atoms with van der Waals surface area (Å²) in [5.74, 6) is -0.463. The van der Waals surface area contributed by atoms with Crippen molar-refractivity contribution in [2.45, 2.75) is 23.2 Å². The summed E-state index contributed by atoms with van der Waals surface area (Å²) in [4.78, 5) is 13.1. The lowest BCUT2D eigenvalue weighted by atomic mass is 9.74. The Balaban J connectivity index is 1.57. The molecule has 9 heteroatoms. The third-order valence-corrected chi connectivity index (χ3v) is 8.30. The number of benzene rings is 3. The molecule has 1 heterocycles. The van der Waals surface area contributed by atoms with Crippen LogP contribution in [0.1, 0.15) is 18.4 Å². The van der Waals surface area contributed by atoms with Crippen molar-refractivity contribution in [2.24, 2.45) is 0 Å². The number of carbonyl (C=O) groups is 1. The SMILES string of the molecule is COc1ccc(S(=O)(=O)N(CC(=O)NCC2(c3ccccc3)CCOCC2)c2ccc(F)cc2)cc1. The third-order valence-electron chi connectivity index (χ3n) is 6.51. The van der Waals surface area contributed by atoms with Gasteiger partial charge in [0.1, 0.15) is 18.1 Å². The summed E-state index contributed by atoms with van der Waals surface area (Å²) in [7, 11) is -2.64. The normalized spacial score (nSPS) is 15.2. The van der Waals surface area contributed by atoms with Gasteiger partial charge in [-0.2, -0.15) is 0 Å². The average Bonchev–Trinajstić information content (AvgIpc) is 2.92. The number of ether oxygens (including phenoxy) is 2. The zero-order valence-corrected chi connectivity index (χ0v) is 20.8. The van der Waals surface area contributed by atoms with Crippen LogP contribution in [0, 0.1) is 5.82 Å². The first-order valence-corrected chi connectivity index (χ1v) is 13.1. The molecule has 1 amide bonds. The van der Waals surface area contributed by atoms with Crippen LogP contribution in [0.15, 0.2) is 83.8 Å². The Morgan fingerprint density at radius 3 is 2.25 bits per heavy atom. The van der Waals surface area contributed by atoms with Gasteiger partial charge in [-0.15, -0.1) is 0 Å². The van der Waals surface area contributed by atoms with Gasteiger partial charge in [-0.05, 0) is 66.9 Å². The standard InChI is InChI=1S/C27H29FN2O5S/c1-34-24-11-13-25(14-12-24)36(32,33)30(23-9-7-22(28)8-10-23)19-26(31)29-20-27(15-17-35-18-16-27)21-5-3-2-4-6-21/h2-14H,15-20H2,1H3,(H,29,31). The van der Waals surface area contributed by atoms with Crippen LogP contribution in [-0.2, 0) is 25.0 Å². The van der Waals surface area contributed by atoms with Crippen molar-refractivity contribution in [3.63, 3.8) is 0 Å². The molecule has 36 heavy (non-hydrogen) atoms. The molecule has 3 aromatic rings. The molecular weight excluding hydrogens is 483 g/mol. The third kappa shape index (κ3) is 5.68. The van der Waals surface area contributed by atoms with Gasteiger partial charge in [0.15, 0.2) is 0 Å². The average molecular weight is 513 g/mol. The summed E-state index contributed by atoms with van der Waals surface area (Å²) >= 11 is 0. The molecule has 4 rings (SSSR count). The highest BCUT2D eigenvalue weighted by Gasteiger charge is 2.35. The van der Waals surface area contributed by atoms with Crippen molar-refractivity contribution < 1.29 is 27.1 Å². The highest BCUT2D eigenvalue weighted by atomic mass is 32.2. The van der Waals surface area contributed by atoms with E-state index in [2.05, 4.69) is 5.32 Å². The molecule has 190 valence electrons. The van der Waals surface area contributed by atoms with Gasteiger partial charge in [0.05, 0.1) is 17.7 Å². The van der Waals surface area contributed by atoms with Gasteiger partial charge >= 0.3 is 0 Å². The van der Waals surface area contributed by atoms with Crippen molar-refractivity contribution in [2.75, 3.05) is 37.7 Å². The molecular formula is C27H29FN2O5S. The monoisotopic (exact) mass is 512 g/mol. The molecule has 0 aliphatic carbocycles. The Labute approximate surface area is 210 Å². The number of hydrogen-bond donors (Lipinski definition) is 1. The molecule has 1 fully saturated rings. The number of nitrogens with zero attached hydrogens (tertiary/aromatic N) is 1. The molecule has 0 saturated carbocycles. The predicted octanol–water partition coefficient (Wildman–Crippen LogP) is 3.89. The smallest absolute Gasteiger partial charge is 0.264 e. The van der Waals surface area contributed by atoms with E-state index in [9.17, 15) is 17.6 Å². The second-order valence-electron chi connectivity index (χ2n) is 8.70. The van der Waals surface area contributed by atoms with Gasteiger partial charge < -0.3 is 14.8 Å². The molecule has 0 bridgehead atoms. The van der Waals surface area contributed by atoms with E-state index in [1.807, 2.05) is 30.3 Å². The van der Waals surface area contributed by atoms with Gasteiger partial charge in [0.25, 0.3) is 10.0 Å². The molecule has 1 aliphatic heterocycles. The number of methoxy groups -OCH3 is 1. The second-order valence-corrected chi connectivity index (χ2v) is 10.6. The van der Waals surface area contributed by atoms with E-state index in [1.165, 1.54) is 43.5 Å². The summed E-state index contributed by atoms with van der Waals surface area (Å²) in [6.45, 7) is 1.05. The van der Waals surface area contributed by atoms with Crippen LogP contribution < -0.4 is 14.4 Å². The van der Waals surface area contributed by atoms with Gasteiger partial charge in [-0.1, -0.05) is 30.3 Å². The van der Waals surface area contributed by atoms with Crippen LogP contribution in [-0.4, -0.2) is 47.7 Å². The number of amides is 1. The van der Waals surface area contributed by atoms with Crippen LogP contribution in [0.5, 0.6) is 5.75 Å². The molecule has 0 aromatic heterocycles. The van der Waals surface area contributed by atoms with Crippen molar-refractivity contribution in [1.29, 1.82) is 0 Å². The molecule has 0 atom stereocenters. The molecule has 1 saturated heterocycles. The fourth-order valence-corrected chi connectivity index (χ4v) is 5.79. The number of carbonyl (C=O) groups excluding carboxylic acids is 1. The number of hydrogen-bond acceptors (Lipinski definition) is 5. The molecule has 0 radical (unpaired) electrons. The quantitative estimate of drug-likeness (QED) is 0.470. The molecule has 1 aliphatic rings. The molecule has 3 aromatic carbocycles. The van der Waals surface area contributed by atoms with E-state index >= 15 is 0 Å². The fraction of sp³-hybridized carbons (Fsp3) is 0.296. The lowest BCUT2D eigenvalue weighted by molar-refractivity contribution is -0.120. The van der Waals surface area contributed by atoms with Gasteiger partial charge in [-0.3, -0.25) is 9.10 Å². The summed E-state index contributed by atoms with van der Waals surface area (Å²) in [5.41, 5.74) is 0.992. The molecule has 0 unspecified atom stereocenters. The lowest BCUT2D eigenvalue weighted by Gasteiger charge is -2.38. The fourth-order valence-electron chi connectivity index (χ4n) is 4.37. The Morgan fingerprint density at radius 1 is 1.00 bits per heavy atom. The highest BCUT2D eigenvalue weighted by Crippen LogP contribution is 2.34. The molecule has 1 N–H and O–H groups in total. The second kappa shape index (κ2) is 11.1. The van der Waals surface area contributed by atoms with Crippen LogP contribution in [0.4, 0.5) is 10.1 Å². The first-order chi connectivity index (χ1) is 17.3. The van der Waals surface area contributed by atoms with Crippen LogP contribution in [0.2, 0.25) is 0 Å². The predicted molar refractivity (Wildman–Crippen MR) is 135 cm³/mol. The van der Waals surface area contributed by atoms with Crippen molar-refractivity contribution in [1.82, 2.24) is 5.32 Å². The van der Waals surface area contributed by atoms with E-state index < -0.39 is 28.3 Å². The Morgan fingerprint density at radius 2 is 1.64 bits per heavy atom. The minimum Gasteiger partial charge on any atom is -0.497 e. The molecule has 7 nitrogen and oxygen atoms in total. The van der Waals surface area contributed by atoms with Crippen LogP contribution >= 0.6 is 0 Å². The zero-order valence-electron chi connectivity index (χ0n) is 20.0. The minimum atomic E-state index is -4.12. The van der Waals surface area contributed by atoms with Crippen molar-refractivity contribution in [3.8, 4) is 5.75 Å². The number of anilines is 1. The maximum absolute atomic E-state index is 13.6. The van der Waals surface area contributed by atoms with Gasteiger partial charge in [0.2, 0.25) is 5.91 Å². The maximum atomic E-state index is 13.6. The van der Waals surface area contributed by atoms with E-state index in [1.54, 1.807) is 0 Å². The number of nitrogens with one attached hydrogen (secondary N) is 1. The van der Waals surface area contributed by atoms with Crippen molar-refractivity contribution in [3.05, 3.63) is 90.2 Å². The summed E-state index contributed by atoms with van der Waals surface area (Å²) in [6.07, 6.45) is 1.48. The first-order valence-electron chi connectivity index (χ1n) is 11.7. The van der Waals surface area contributed by atoms with E-state index in [0.717, 1.165) is 34.8 Å². The van der Waals surface area contributed by atoms with Gasteiger partial charge in [0, 0.05) is 25.2 Å². The van der Waals surface area contributed by atoms with E-state index in [0.29, 0.717) is 25.5 Å².